The van der Waals surface area contributed by atoms with Crippen molar-refractivity contribution < 1.29 is 14.3 Å². The van der Waals surface area contributed by atoms with Gasteiger partial charge in [-0.25, -0.2) is 14.8 Å². The van der Waals surface area contributed by atoms with Crippen LogP contribution < -0.4 is 5.32 Å². The van der Waals surface area contributed by atoms with E-state index in [2.05, 4.69) is 15.3 Å². The van der Waals surface area contributed by atoms with Crippen molar-refractivity contribution in [3.05, 3.63) is 17.5 Å². The van der Waals surface area contributed by atoms with Crippen LogP contribution in [0.2, 0.25) is 0 Å². The molecular formula is C13H20N4O3. The Morgan fingerprint density at radius 3 is 2.65 bits per heavy atom. The van der Waals surface area contributed by atoms with E-state index in [-0.39, 0.29) is 5.91 Å². The standard InChI is InChI=1S/C13H20N4O3/c1-5-20-12(19)10-8-15-13(16-9(10)2)14-7-6-11(18)17(3)4/h8H,5-7H2,1-4H3,(H,14,15,16). The molecule has 7 heteroatoms. The summed E-state index contributed by atoms with van der Waals surface area (Å²) in [6, 6.07) is 0. The van der Waals surface area contributed by atoms with E-state index in [1.165, 1.54) is 11.1 Å². The molecule has 0 saturated carbocycles. The van der Waals surface area contributed by atoms with Gasteiger partial charge in [0.2, 0.25) is 11.9 Å². The first-order valence-corrected chi connectivity index (χ1v) is 6.40. The molecule has 1 N–H and O–H groups in total. The number of amides is 1. The number of esters is 1. The number of hydrogen-bond acceptors (Lipinski definition) is 6. The first-order chi connectivity index (χ1) is 9.45. The number of aryl methyl sites for hydroxylation is 1. The molecule has 0 saturated heterocycles. The van der Waals surface area contributed by atoms with Crippen LogP contribution in [0.3, 0.4) is 0 Å². The molecule has 0 aliphatic carbocycles. The van der Waals surface area contributed by atoms with Crippen molar-refractivity contribution in [1.82, 2.24) is 14.9 Å². The predicted octanol–water partition coefficient (Wildman–Crippen LogP) is 0.852. The number of aromatic nitrogens is 2. The number of anilines is 1. The zero-order valence-corrected chi connectivity index (χ0v) is 12.3. The molecule has 20 heavy (non-hydrogen) atoms. The number of nitrogens with zero attached hydrogens (tertiary/aromatic N) is 3. The molecule has 1 aromatic rings. The van der Waals surface area contributed by atoms with Gasteiger partial charge in [-0.15, -0.1) is 0 Å². The summed E-state index contributed by atoms with van der Waals surface area (Å²) in [5, 5.41) is 2.95. The Morgan fingerprint density at radius 2 is 2.10 bits per heavy atom. The zero-order chi connectivity index (χ0) is 15.1. The summed E-state index contributed by atoms with van der Waals surface area (Å²) in [6.07, 6.45) is 1.78. The van der Waals surface area contributed by atoms with Gasteiger partial charge < -0.3 is 15.0 Å². The predicted molar refractivity (Wildman–Crippen MR) is 74.5 cm³/mol. The maximum Gasteiger partial charge on any atom is 0.341 e. The molecular weight excluding hydrogens is 260 g/mol. The van der Waals surface area contributed by atoms with Crippen LogP contribution in [-0.2, 0) is 9.53 Å². The minimum Gasteiger partial charge on any atom is -0.462 e. The average Bonchev–Trinajstić information content (AvgIpc) is 2.38. The maximum absolute atomic E-state index is 11.6. The molecule has 0 spiro atoms. The summed E-state index contributed by atoms with van der Waals surface area (Å²) in [7, 11) is 3.41. The molecule has 0 bridgehead atoms. The van der Waals surface area contributed by atoms with Gasteiger partial charge in [0.15, 0.2) is 0 Å². The molecule has 1 heterocycles. The van der Waals surface area contributed by atoms with E-state index in [1.807, 2.05) is 0 Å². The first kappa shape index (κ1) is 15.9. The van der Waals surface area contributed by atoms with Crippen molar-refractivity contribution >= 4 is 17.8 Å². The summed E-state index contributed by atoms with van der Waals surface area (Å²) in [5.74, 6) is -0.0150. The van der Waals surface area contributed by atoms with E-state index in [0.29, 0.717) is 36.8 Å². The van der Waals surface area contributed by atoms with E-state index < -0.39 is 5.97 Å². The van der Waals surface area contributed by atoms with Crippen LogP contribution >= 0.6 is 0 Å². The molecule has 0 radical (unpaired) electrons. The molecule has 0 aliphatic rings. The first-order valence-electron chi connectivity index (χ1n) is 6.40. The fraction of sp³-hybridized carbons (Fsp3) is 0.538. The monoisotopic (exact) mass is 280 g/mol. The number of ether oxygens (including phenoxy) is 1. The third-order valence-corrected chi connectivity index (χ3v) is 2.60. The number of carbonyl (C=O) groups is 2. The number of carbonyl (C=O) groups excluding carboxylic acids is 2. The second-order valence-corrected chi connectivity index (χ2v) is 4.38. The van der Waals surface area contributed by atoms with Crippen LogP contribution in [0.5, 0.6) is 0 Å². The van der Waals surface area contributed by atoms with Gasteiger partial charge in [-0.05, 0) is 13.8 Å². The van der Waals surface area contributed by atoms with Gasteiger partial charge in [-0.1, -0.05) is 0 Å². The lowest BCUT2D eigenvalue weighted by Crippen LogP contribution is -2.24. The summed E-state index contributed by atoms with van der Waals surface area (Å²) in [5.41, 5.74) is 0.890. The lowest BCUT2D eigenvalue weighted by Gasteiger charge is -2.11. The van der Waals surface area contributed by atoms with Gasteiger partial charge in [0.1, 0.15) is 0 Å². The second kappa shape index (κ2) is 7.42. The Balaban J connectivity index is 2.59. The van der Waals surface area contributed by atoms with Gasteiger partial charge in [0.25, 0.3) is 0 Å². The highest BCUT2D eigenvalue weighted by atomic mass is 16.5. The van der Waals surface area contributed by atoms with E-state index in [4.69, 9.17) is 4.74 Å². The minimum absolute atomic E-state index is 0.0253. The molecule has 1 amide bonds. The van der Waals surface area contributed by atoms with Crippen LogP contribution in [0, 0.1) is 6.92 Å². The normalized spacial score (nSPS) is 10.0. The molecule has 0 aromatic carbocycles. The Bertz CT molecular complexity index is 489. The molecule has 7 nitrogen and oxygen atoms in total. The fourth-order valence-electron chi connectivity index (χ4n) is 1.47. The number of hydrogen-bond donors (Lipinski definition) is 1. The Morgan fingerprint density at radius 1 is 1.40 bits per heavy atom. The molecule has 0 unspecified atom stereocenters. The summed E-state index contributed by atoms with van der Waals surface area (Å²) in [4.78, 5) is 32.7. The Hall–Kier alpha value is -2.18. The largest absolute Gasteiger partial charge is 0.462 e. The Kier molecular flexibility index (Phi) is 5.89. The van der Waals surface area contributed by atoms with Crippen molar-refractivity contribution in [2.45, 2.75) is 20.3 Å². The highest BCUT2D eigenvalue weighted by Crippen LogP contribution is 2.08. The maximum atomic E-state index is 11.6. The van der Waals surface area contributed by atoms with Crippen LogP contribution in [0.1, 0.15) is 29.4 Å². The Labute approximate surface area is 118 Å². The fourth-order valence-corrected chi connectivity index (χ4v) is 1.47. The quantitative estimate of drug-likeness (QED) is 0.778. The van der Waals surface area contributed by atoms with Crippen molar-refractivity contribution in [2.24, 2.45) is 0 Å². The molecule has 1 rings (SSSR count). The molecule has 110 valence electrons. The van der Waals surface area contributed by atoms with Crippen LogP contribution in [-0.4, -0.2) is 54.0 Å². The lowest BCUT2D eigenvalue weighted by atomic mass is 10.2. The van der Waals surface area contributed by atoms with E-state index in [0.717, 1.165) is 0 Å². The van der Waals surface area contributed by atoms with Gasteiger partial charge in [0, 0.05) is 33.3 Å². The topological polar surface area (TPSA) is 84.4 Å². The summed E-state index contributed by atoms with van der Waals surface area (Å²) >= 11 is 0. The van der Waals surface area contributed by atoms with Crippen molar-refractivity contribution in [2.75, 3.05) is 32.6 Å². The second-order valence-electron chi connectivity index (χ2n) is 4.38. The van der Waals surface area contributed by atoms with Crippen LogP contribution in [0.15, 0.2) is 6.20 Å². The lowest BCUT2D eigenvalue weighted by molar-refractivity contribution is -0.128. The van der Waals surface area contributed by atoms with Gasteiger partial charge in [0.05, 0.1) is 17.9 Å². The third kappa shape index (κ3) is 4.49. The van der Waals surface area contributed by atoms with Gasteiger partial charge in [-0.2, -0.15) is 0 Å². The number of nitrogens with one attached hydrogen (secondary N) is 1. The average molecular weight is 280 g/mol. The smallest absolute Gasteiger partial charge is 0.341 e. The number of rotatable bonds is 6. The molecule has 0 aliphatic heterocycles. The third-order valence-electron chi connectivity index (χ3n) is 2.60. The van der Waals surface area contributed by atoms with Gasteiger partial charge in [-0.3, -0.25) is 4.79 Å². The molecule has 1 aromatic heterocycles. The van der Waals surface area contributed by atoms with Crippen molar-refractivity contribution in [3.63, 3.8) is 0 Å². The minimum atomic E-state index is -0.431. The summed E-state index contributed by atoms with van der Waals surface area (Å²) < 4.78 is 4.90. The van der Waals surface area contributed by atoms with E-state index in [9.17, 15) is 9.59 Å². The van der Waals surface area contributed by atoms with Crippen molar-refractivity contribution in [1.29, 1.82) is 0 Å². The van der Waals surface area contributed by atoms with Crippen LogP contribution in [0.25, 0.3) is 0 Å². The van der Waals surface area contributed by atoms with E-state index in [1.54, 1.807) is 27.9 Å². The van der Waals surface area contributed by atoms with Crippen LogP contribution in [0.4, 0.5) is 5.95 Å². The SMILES string of the molecule is CCOC(=O)c1cnc(NCCC(=O)N(C)C)nc1C. The summed E-state index contributed by atoms with van der Waals surface area (Å²) in [6.45, 7) is 4.20. The van der Waals surface area contributed by atoms with Crippen molar-refractivity contribution in [3.8, 4) is 0 Å². The van der Waals surface area contributed by atoms with Gasteiger partial charge >= 0.3 is 5.97 Å². The molecule has 0 fully saturated rings. The zero-order valence-electron chi connectivity index (χ0n) is 12.3. The molecule has 0 atom stereocenters. The highest BCUT2D eigenvalue weighted by Gasteiger charge is 2.12. The van der Waals surface area contributed by atoms with E-state index >= 15 is 0 Å². The highest BCUT2D eigenvalue weighted by molar-refractivity contribution is 5.90.